The van der Waals surface area contributed by atoms with Gasteiger partial charge in [0.1, 0.15) is 8.07 Å². The molecule has 4 nitrogen and oxygen atoms in total. The van der Waals surface area contributed by atoms with Gasteiger partial charge in [-0.15, -0.1) is 17.7 Å². The third-order valence-corrected chi connectivity index (χ3v) is 11.1. The fourth-order valence-corrected chi connectivity index (χ4v) is 8.99. The minimum absolute atomic E-state index is 0. The van der Waals surface area contributed by atoms with Crippen molar-refractivity contribution in [2.45, 2.75) is 26.9 Å². The average Bonchev–Trinajstić information content (AvgIpc) is 3.08. The molecular weight excluding hydrogens is 689 g/mol. The molecule has 40 heavy (non-hydrogen) atoms. The first-order valence-corrected chi connectivity index (χ1v) is 16.1. The van der Waals surface area contributed by atoms with E-state index in [-0.39, 0.29) is 31.6 Å². The Morgan fingerprint density at radius 3 is 2.30 bits per heavy atom. The molecule has 7 rings (SSSR count). The first kappa shape index (κ1) is 27.7. The smallest absolute Gasteiger partial charge is 0.155 e. The molecule has 0 saturated carbocycles. The van der Waals surface area contributed by atoms with E-state index in [4.69, 9.17) is 10.1 Å². The monoisotopic (exact) mass is 718 g/mol. The van der Waals surface area contributed by atoms with Gasteiger partial charge in [-0.05, 0) is 65.8 Å². The number of nitrogens with zero attached hydrogens (tertiary/aromatic N) is 2. The standard InChI is InChI=1S/C29H21N2Si.C5H8O2.Ir/c1-32(2)24-14-8-13-23-26(24)27-25(32)17-18-30-28(27)22-16-15-19-9-6-7-12-21(19)29(22)31(23)20-10-4-3-5-11-20;1-4(6)3-5(2)7;/h3-15,17-18H,1-2H3;3,6H,1-2H3;/q-1;;/b;4-3-;. The van der Waals surface area contributed by atoms with Crippen LogP contribution < -0.4 is 15.3 Å². The molecule has 0 spiro atoms. The van der Waals surface area contributed by atoms with Gasteiger partial charge in [0.25, 0.3) is 0 Å². The van der Waals surface area contributed by atoms with Crippen LogP contribution in [0.2, 0.25) is 13.1 Å². The van der Waals surface area contributed by atoms with Crippen molar-refractivity contribution < 1.29 is 30.0 Å². The van der Waals surface area contributed by atoms with E-state index in [9.17, 15) is 4.79 Å². The van der Waals surface area contributed by atoms with Crippen LogP contribution in [0.5, 0.6) is 0 Å². The van der Waals surface area contributed by atoms with Gasteiger partial charge in [-0.1, -0.05) is 83.7 Å². The molecular formula is C34H29IrN2O2Si-. The predicted molar refractivity (Wildman–Crippen MR) is 164 cm³/mol. The second-order valence-corrected chi connectivity index (χ2v) is 14.9. The van der Waals surface area contributed by atoms with Gasteiger partial charge < -0.3 is 15.0 Å². The van der Waals surface area contributed by atoms with E-state index in [1.165, 1.54) is 57.9 Å². The van der Waals surface area contributed by atoms with Gasteiger partial charge in [0.15, 0.2) is 5.78 Å². The molecule has 1 N–H and O–H groups in total. The third kappa shape index (κ3) is 4.42. The molecule has 201 valence electrons. The number of benzene rings is 4. The van der Waals surface area contributed by atoms with Gasteiger partial charge in [0, 0.05) is 43.8 Å². The van der Waals surface area contributed by atoms with Gasteiger partial charge in [-0.2, -0.15) is 0 Å². The molecule has 0 aliphatic carbocycles. The van der Waals surface area contributed by atoms with E-state index < -0.39 is 8.07 Å². The zero-order valence-corrected chi connectivity index (χ0v) is 26.2. The number of aliphatic hydroxyl groups excluding tert-OH is 1. The van der Waals surface area contributed by atoms with Crippen molar-refractivity contribution >= 4 is 52.1 Å². The van der Waals surface area contributed by atoms with Gasteiger partial charge in [0.05, 0.1) is 5.76 Å². The Kier molecular flexibility index (Phi) is 7.36. The van der Waals surface area contributed by atoms with Gasteiger partial charge >= 0.3 is 0 Å². The summed E-state index contributed by atoms with van der Waals surface area (Å²) in [6, 6.07) is 34.2. The molecule has 5 aromatic rings. The van der Waals surface area contributed by atoms with Crippen LogP contribution in [0.1, 0.15) is 13.8 Å². The fraction of sp³-hybridized carbons (Fsp3) is 0.118. The zero-order chi connectivity index (χ0) is 27.3. The van der Waals surface area contributed by atoms with Gasteiger partial charge in [0.2, 0.25) is 0 Å². The fourth-order valence-electron chi connectivity index (χ4n) is 5.94. The SMILES string of the molecule is CC(=O)/C=C(/C)O.C[Si]1(C)c2cccc3c2-c2c1ccnc2-c1[c-]cc2ccccc2c1N3c1ccccc1.[Ir]. The number of allylic oxidation sites excluding steroid dienone is 2. The van der Waals surface area contributed by atoms with Crippen LogP contribution in [0.4, 0.5) is 17.1 Å². The summed E-state index contributed by atoms with van der Waals surface area (Å²) >= 11 is 0. The Bertz CT molecular complexity index is 1790. The number of anilines is 3. The minimum atomic E-state index is -1.81. The first-order chi connectivity index (χ1) is 18.8. The van der Waals surface area contributed by atoms with Crippen molar-refractivity contribution in [3.63, 3.8) is 0 Å². The van der Waals surface area contributed by atoms with Crippen molar-refractivity contribution in [1.29, 1.82) is 0 Å². The quantitative estimate of drug-likeness (QED) is 0.0884. The number of hydrogen-bond acceptors (Lipinski definition) is 4. The molecule has 0 atom stereocenters. The molecule has 0 unspecified atom stereocenters. The molecule has 1 aromatic heterocycles. The van der Waals surface area contributed by atoms with Crippen molar-refractivity contribution in [2.24, 2.45) is 0 Å². The van der Waals surface area contributed by atoms with Crippen LogP contribution in [0.3, 0.4) is 0 Å². The summed E-state index contributed by atoms with van der Waals surface area (Å²) in [6.45, 7) is 7.77. The van der Waals surface area contributed by atoms with Crippen LogP contribution in [0.15, 0.2) is 103 Å². The number of pyridine rings is 1. The van der Waals surface area contributed by atoms with Crippen LogP contribution in [-0.2, 0) is 24.9 Å². The van der Waals surface area contributed by atoms with E-state index in [0.29, 0.717) is 0 Å². The summed E-state index contributed by atoms with van der Waals surface area (Å²) in [5.74, 6) is -0.0625. The average molecular weight is 718 g/mol. The van der Waals surface area contributed by atoms with E-state index in [0.717, 1.165) is 22.6 Å². The maximum absolute atomic E-state index is 10.0. The number of aromatic nitrogens is 1. The van der Waals surface area contributed by atoms with Crippen LogP contribution in [0, 0.1) is 6.07 Å². The number of rotatable bonds is 2. The Hall–Kier alpha value is -3.83. The topological polar surface area (TPSA) is 53.4 Å². The molecule has 1 radical (unpaired) electrons. The molecule has 4 aromatic carbocycles. The van der Waals surface area contributed by atoms with Crippen molar-refractivity contribution in [3.05, 3.63) is 109 Å². The number of fused-ring (bicyclic) bond motifs is 4. The van der Waals surface area contributed by atoms with Crippen LogP contribution in [-0.4, -0.2) is 23.9 Å². The Morgan fingerprint density at radius 1 is 0.900 bits per heavy atom. The van der Waals surface area contributed by atoms with Crippen molar-refractivity contribution in [2.75, 3.05) is 4.90 Å². The number of carbonyl (C=O) groups excluding carboxylic acids is 1. The zero-order valence-electron chi connectivity index (χ0n) is 22.8. The summed E-state index contributed by atoms with van der Waals surface area (Å²) in [6.07, 6.45) is 3.17. The Labute approximate surface area is 249 Å². The molecule has 0 saturated heterocycles. The molecule has 0 amide bonds. The van der Waals surface area contributed by atoms with E-state index in [2.05, 4.69) is 109 Å². The number of carbonyl (C=O) groups is 1. The molecule has 2 aliphatic rings. The summed E-state index contributed by atoms with van der Waals surface area (Å²) in [7, 11) is -1.81. The minimum Gasteiger partial charge on any atom is -0.512 e. The summed E-state index contributed by atoms with van der Waals surface area (Å²) < 4.78 is 0. The van der Waals surface area contributed by atoms with Crippen LogP contribution in [0.25, 0.3) is 33.2 Å². The first-order valence-electron chi connectivity index (χ1n) is 13.1. The van der Waals surface area contributed by atoms with Gasteiger partial charge in [-0.25, -0.2) is 0 Å². The number of hydrogen-bond donors (Lipinski definition) is 1. The molecule has 0 fully saturated rings. The maximum Gasteiger partial charge on any atom is 0.155 e. The summed E-state index contributed by atoms with van der Waals surface area (Å²) in [5, 5.41) is 13.8. The van der Waals surface area contributed by atoms with E-state index in [1.54, 1.807) is 0 Å². The number of ketones is 1. The number of para-hydroxylation sites is 1. The third-order valence-electron chi connectivity index (χ3n) is 7.54. The largest absolute Gasteiger partial charge is 0.512 e. The molecule has 3 heterocycles. The summed E-state index contributed by atoms with van der Waals surface area (Å²) in [4.78, 5) is 17.4. The van der Waals surface area contributed by atoms with Crippen molar-refractivity contribution in [3.8, 4) is 22.4 Å². The second kappa shape index (κ2) is 10.6. The predicted octanol–water partition coefficient (Wildman–Crippen LogP) is 7.32. The summed E-state index contributed by atoms with van der Waals surface area (Å²) in [5.41, 5.74) is 8.39. The molecule has 6 heteroatoms. The van der Waals surface area contributed by atoms with Crippen LogP contribution >= 0.6 is 0 Å². The van der Waals surface area contributed by atoms with Crippen molar-refractivity contribution in [1.82, 2.24) is 4.98 Å². The van der Waals surface area contributed by atoms with E-state index >= 15 is 0 Å². The Morgan fingerprint density at radius 2 is 1.60 bits per heavy atom. The Balaban J connectivity index is 0.000000362. The maximum atomic E-state index is 10.0. The second-order valence-electron chi connectivity index (χ2n) is 10.6. The molecule has 0 bridgehead atoms. The normalized spacial score (nSPS) is 13.8. The molecule has 2 aliphatic heterocycles. The number of aliphatic hydroxyl groups is 1. The van der Waals surface area contributed by atoms with E-state index in [1.807, 2.05) is 6.20 Å². The van der Waals surface area contributed by atoms with Gasteiger partial charge in [-0.3, -0.25) is 4.79 Å².